The van der Waals surface area contributed by atoms with Gasteiger partial charge in [-0.2, -0.15) is 5.26 Å². The molecule has 1 amide bonds. The maximum atomic E-state index is 13.0. The number of aromatic nitrogens is 5. The first-order chi connectivity index (χ1) is 29.3. The fourth-order valence-electron chi connectivity index (χ4n) is 8.77. The molecular formula is C46H46ClN9O3S. The molecule has 0 unspecified atom stereocenters. The summed E-state index contributed by atoms with van der Waals surface area (Å²) < 4.78 is 8.82. The van der Waals surface area contributed by atoms with Gasteiger partial charge in [0.25, 0.3) is 5.91 Å². The summed E-state index contributed by atoms with van der Waals surface area (Å²) in [7, 11) is 1.83. The van der Waals surface area contributed by atoms with Gasteiger partial charge >= 0.3 is 4.87 Å². The van der Waals surface area contributed by atoms with Gasteiger partial charge in [0.1, 0.15) is 11.8 Å². The normalized spacial score (nSPS) is 18.2. The van der Waals surface area contributed by atoms with Crippen molar-refractivity contribution < 1.29 is 9.53 Å². The highest BCUT2D eigenvalue weighted by Gasteiger charge is 2.26. The van der Waals surface area contributed by atoms with E-state index in [1.54, 1.807) is 28.8 Å². The molecule has 2 fully saturated rings. The van der Waals surface area contributed by atoms with Crippen LogP contribution in [0.4, 0.5) is 17.2 Å². The van der Waals surface area contributed by atoms with E-state index in [-0.39, 0.29) is 22.9 Å². The Hall–Kier alpha value is -5.84. The summed E-state index contributed by atoms with van der Waals surface area (Å²) in [5.74, 6) is 1.86. The molecule has 60 heavy (non-hydrogen) atoms. The van der Waals surface area contributed by atoms with E-state index in [1.807, 2.05) is 31.6 Å². The van der Waals surface area contributed by atoms with Crippen molar-refractivity contribution in [3.05, 3.63) is 116 Å². The minimum Gasteiger partial charge on any atom is -0.490 e. The van der Waals surface area contributed by atoms with Gasteiger partial charge in [0.05, 0.1) is 44.5 Å². The zero-order chi connectivity index (χ0) is 41.2. The van der Waals surface area contributed by atoms with Crippen molar-refractivity contribution in [3.63, 3.8) is 0 Å². The van der Waals surface area contributed by atoms with E-state index in [2.05, 4.69) is 61.7 Å². The van der Waals surface area contributed by atoms with Crippen LogP contribution in [0.3, 0.4) is 0 Å². The average Bonchev–Trinajstić information content (AvgIpc) is 3.57. The number of nitrogens with one attached hydrogen (secondary N) is 1. The van der Waals surface area contributed by atoms with Crippen LogP contribution in [0, 0.1) is 17.2 Å². The van der Waals surface area contributed by atoms with Crippen LogP contribution in [0.2, 0.25) is 5.02 Å². The molecule has 4 aromatic heterocycles. The molecule has 3 aliphatic rings. The summed E-state index contributed by atoms with van der Waals surface area (Å²) in [5.41, 5.74) is 8.25. The van der Waals surface area contributed by atoms with Gasteiger partial charge in [-0.05, 0) is 136 Å². The van der Waals surface area contributed by atoms with Crippen LogP contribution in [-0.2, 0) is 19.9 Å². The zero-order valence-corrected chi connectivity index (χ0v) is 35.1. The predicted molar refractivity (Wildman–Crippen MR) is 235 cm³/mol. The van der Waals surface area contributed by atoms with Gasteiger partial charge in [0.15, 0.2) is 11.5 Å². The number of hydrogen-bond donors (Lipinski definition) is 1. The Morgan fingerprint density at radius 3 is 2.55 bits per heavy atom. The summed E-state index contributed by atoms with van der Waals surface area (Å²) in [6.45, 7) is 2.72. The Bertz CT molecular complexity index is 2610. The first kappa shape index (κ1) is 39.6. The second-order valence-electron chi connectivity index (χ2n) is 16.1. The molecule has 306 valence electrons. The molecule has 1 N–H and O–H groups in total. The Balaban J connectivity index is 0.719. The number of halogens is 1. The molecule has 6 aromatic rings. The van der Waals surface area contributed by atoms with Crippen molar-refractivity contribution in [2.75, 3.05) is 29.4 Å². The highest BCUT2D eigenvalue weighted by Crippen LogP contribution is 2.37. The number of ether oxygens (including phenoxy) is 1. The number of pyridine rings is 2. The third-order valence-corrected chi connectivity index (χ3v) is 13.6. The van der Waals surface area contributed by atoms with E-state index >= 15 is 0 Å². The van der Waals surface area contributed by atoms with Crippen LogP contribution in [-0.4, -0.2) is 62.4 Å². The van der Waals surface area contributed by atoms with E-state index in [1.165, 1.54) is 16.9 Å². The van der Waals surface area contributed by atoms with Crippen molar-refractivity contribution in [2.45, 2.75) is 76.4 Å². The molecular weight excluding hydrogens is 794 g/mol. The fourth-order valence-corrected chi connectivity index (χ4v) is 9.84. The van der Waals surface area contributed by atoms with Crippen molar-refractivity contribution in [2.24, 2.45) is 13.0 Å². The van der Waals surface area contributed by atoms with Gasteiger partial charge in [-0.3, -0.25) is 19.6 Å². The molecule has 0 spiro atoms. The molecule has 2 aliphatic heterocycles. The summed E-state index contributed by atoms with van der Waals surface area (Å²) >= 11 is 7.44. The van der Waals surface area contributed by atoms with Crippen molar-refractivity contribution >= 4 is 56.3 Å². The molecule has 2 aromatic carbocycles. The smallest absolute Gasteiger partial charge is 0.307 e. The van der Waals surface area contributed by atoms with E-state index in [0.29, 0.717) is 27.9 Å². The quantitative estimate of drug-likeness (QED) is 0.143. The number of fused-ring (bicyclic) bond motifs is 2. The number of carbonyl (C=O) groups is 1. The minimum absolute atomic E-state index is 0.0345. The maximum Gasteiger partial charge on any atom is 0.307 e. The van der Waals surface area contributed by atoms with Gasteiger partial charge < -0.3 is 24.4 Å². The molecule has 1 saturated heterocycles. The summed E-state index contributed by atoms with van der Waals surface area (Å²) in [5, 5.41) is 21.3. The monoisotopic (exact) mass is 839 g/mol. The van der Waals surface area contributed by atoms with E-state index in [9.17, 15) is 9.59 Å². The molecule has 0 atom stereocenters. The first-order valence-electron chi connectivity index (χ1n) is 20.8. The zero-order valence-electron chi connectivity index (χ0n) is 33.5. The predicted octanol–water partition coefficient (Wildman–Crippen LogP) is 8.43. The lowest BCUT2D eigenvalue weighted by Gasteiger charge is -2.32. The second-order valence-corrected chi connectivity index (χ2v) is 17.5. The van der Waals surface area contributed by atoms with Crippen LogP contribution in [0.15, 0.2) is 83.9 Å². The number of rotatable bonds is 10. The number of benzene rings is 2. The van der Waals surface area contributed by atoms with Crippen molar-refractivity contribution in [1.82, 2.24) is 30.0 Å². The molecule has 14 heteroatoms. The molecule has 1 aliphatic carbocycles. The van der Waals surface area contributed by atoms with Gasteiger partial charge in [-0.25, -0.2) is 0 Å². The lowest BCUT2D eigenvalue weighted by atomic mass is 9.91. The van der Waals surface area contributed by atoms with Crippen molar-refractivity contribution in [1.29, 1.82) is 5.26 Å². The van der Waals surface area contributed by atoms with Crippen LogP contribution in [0.1, 0.15) is 78.7 Å². The Morgan fingerprint density at radius 1 is 0.950 bits per heavy atom. The van der Waals surface area contributed by atoms with E-state index < -0.39 is 0 Å². The lowest BCUT2D eigenvalue weighted by Crippen LogP contribution is -2.40. The molecule has 0 bridgehead atoms. The number of nitrogens with zero attached hydrogens (tertiary/aromatic N) is 8. The maximum absolute atomic E-state index is 13.0. The first-order valence-corrected chi connectivity index (χ1v) is 22.0. The molecule has 0 radical (unpaired) electrons. The topological polar surface area (TPSA) is 142 Å². The third-order valence-electron chi connectivity index (χ3n) is 12.3. The largest absolute Gasteiger partial charge is 0.490 e. The summed E-state index contributed by atoms with van der Waals surface area (Å²) in [4.78, 5) is 39.6. The van der Waals surface area contributed by atoms with Crippen LogP contribution >= 0.6 is 22.9 Å². The van der Waals surface area contributed by atoms with Crippen LogP contribution in [0.25, 0.3) is 21.5 Å². The van der Waals surface area contributed by atoms with Gasteiger partial charge in [0, 0.05) is 61.9 Å². The standard InChI is InChI=1S/C46H46ClN9O3S/c1-54-41-24-35(11-16-43(41)60-46(54)58)56-20-2-3-30-23-40(50-28-42(30)56)32-5-8-33(49-27-32)7-4-29-18-21-55(22-19-29)44-17-15-39(52-53-44)45(57)51-34-9-13-36(14-10-34)59-37-12-6-31(26-48)38(47)25-37/h5-6,8,11-12,15-17,23-25,27-29,34,36H,2-4,7,9-10,13-14,18-22H2,1H3,(H,51,57). The Kier molecular flexibility index (Phi) is 11.5. The number of aryl methyl sites for hydroxylation is 3. The molecule has 12 nitrogen and oxygen atoms in total. The number of hydrogen-bond acceptors (Lipinski definition) is 11. The van der Waals surface area contributed by atoms with Gasteiger partial charge in [0.2, 0.25) is 0 Å². The highest BCUT2D eigenvalue weighted by atomic mass is 35.5. The average molecular weight is 840 g/mol. The lowest BCUT2D eigenvalue weighted by molar-refractivity contribution is 0.0888. The van der Waals surface area contributed by atoms with Crippen LogP contribution in [0.5, 0.6) is 5.75 Å². The number of nitriles is 1. The summed E-state index contributed by atoms with van der Waals surface area (Å²) in [6.07, 6.45) is 13.4. The number of anilines is 3. The highest BCUT2D eigenvalue weighted by molar-refractivity contribution is 7.16. The summed E-state index contributed by atoms with van der Waals surface area (Å²) in [6, 6.07) is 23.7. The number of piperidine rings is 1. The van der Waals surface area contributed by atoms with Gasteiger partial charge in [-0.15, -0.1) is 10.2 Å². The molecule has 6 heterocycles. The third kappa shape index (κ3) is 8.58. The second kappa shape index (κ2) is 17.4. The molecule has 9 rings (SSSR count). The Morgan fingerprint density at radius 2 is 1.80 bits per heavy atom. The number of amides is 1. The van der Waals surface area contributed by atoms with Gasteiger partial charge in [-0.1, -0.05) is 22.9 Å². The fraction of sp³-hybridized carbons (Fsp3) is 0.370. The van der Waals surface area contributed by atoms with E-state index in [0.717, 1.165) is 128 Å². The molecule has 1 saturated carbocycles. The number of thiazole rings is 1. The van der Waals surface area contributed by atoms with E-state index in [4.69, 9.17) is 31.6 Å². The SMILES string of the molecule is Cn1c(=O)sc2ccc(N3CCCc4cc(-c5ccc(CCC6CCN(c7ccc(C(=O)NC8CCC(Oc9ccc(C#N)c(Cl)c9)CC8)nn7)CC6)nc5)ncc43)cc21. The Labute approximate surface area is 357 Å². The van der Waals surface area contributed by atoms with Crippen LogP contribution < -0.4 is 24.7 Å². The number of carbonyl (C=O) groups excluding carboxylic acids is 1. The minimum atomic E-state index is -0.205. The van der Waals surface area contributed by atoms with Crippen molar-refractivity contribution in [3.8, 4) is 23.1 Å².